The summed E-state index contributed by atoms with van der Waals surface area (Å²) in [7, 11) is 0. The molecular weight excluding hydrogens is 452 g/mol. The van der Waals surface area contributed by atoms with Crippen LogP contribution in [0.15, 0.2) is 73.1 Å². The fraction of sp³-hybridized carbons (Fsp3) is 0.231. The highest BCUT2D eigenvalue weighted by Gasteiger charge is 2.22. The van der Waals surface area contributed by atoms with E-state index >= 15 is 0 Å². The maximum atomic E-state index is 12.9. The molecule has 176 valence electrons. The minimum absolute atomic E-state index is 0.202. The van der Waals surface area contributed by atoms with Gasteiger partial charge in [-0.05, 0) is 66.4 Å². The van der Waals surface area contributed by atoms with Crippen molar-refractivity contribution < 1.29 is 14.4 Å². The molecule has 0 bridgehead atoms. The van der Waals surface area contributed by atoms with Crippen LogP contribution in [-0.2, 0) is 11.3 Å². The molecule has 1 aromatic heterocycles. The first-order chi connectivity index (χ1) is 16.3. The quantitative estimate of drug-likeness (QED) is 0.423. The fourth-order valence-corrected chi connectivity index (χ4v) is 3.45. The number of hydrogen-bond acceptors (Lipinski definition) is 4. The first kappa shape index (κ1) is 24.9. The molecule has 3 amide bonds. The van der Waals surface area contributed by atoms with E-state index in [1.54, 1.807) is 67.0 Å². The average Bonchev–Trinajstić information content (AvgIpc) is 2.83. The van der Waals surface area contributed by atoms with Crippen molar-refractivity contribution in [3.8, 4) is 0 Å². The molecule has 7 nitrogen and oxygen atoms in total. The predicted molar refractivity (Wildman–Crippen MR) is 133 cm³/mol. The van der Waals surface area contributed by atoms with Gasteiger partial charge >= 0.3 is 0 Å². The van der Waals surface area contributed by atoms with Gasteiger partial charge in [0.1, 0.15) is 6.04 Å². The number of benzene rings is 2. The van der Waals surface area contributed by atoms with Gasteiger partial charge in [0, 0.05) is 40.8 Å². The van der Waals surface area contributed by atoms with Gasteiger partial charge in [0.25, 0.3) is 11.8 Å². The van der Waals surface area contributed by atoms with E-state index in [0.29, 0.717) is 28.3 Å². The number of nitrogens with zero attached hydrogens (tertiary/aromatic N) is 1. The topological polar surface area (TPSA) is 100 Å². The van der Waals surface area contributed by atoms with Crippen molar-refractivity contribution in [1.82, 2.24) is 15.6 Å². The maximum absolute atomic E-state index is 12.9. The first-order valence-corrected chi connectivity index (χ1v) is 11.3. The van der Waals surface area contributed by atoms with E-state index in [2.05, 4.69) is 20.9 Å². The lowest BCUT2D eigenvalue weighted by Crippen LogP contribution is -2.47. The summed E-state index contributed by atoms with van der Waals surface area (Å²) in [6, 6.07) is 16.3. The number of anilines is 1. The van der Waals surface area contributed by atoms with E-state index in [9.17, 15) is 14.4 Å². The van der Waals surface area contributed by atoms with Gasteiger partial charge in [-0.15, -0.1) is 0 Å². The molecular formula is C26H27ClN4O3. The third kappa shape index (κ3) is 7.42. The van der Waals surface area contributed by atoms with Crippen LogP contribution in [0.1, 0.15) is 46.5 Å². The number of rotatable bonds is 9. The molecule has 8 heteroatoms. The molecule has 3 rings (SSSR count). The van der Waals surface area contributed by atoms with Crippen molar-refractivity contribution >= 4 is 35.0 Å². The average molecular weight is 479 g/mol. The minimum atomic E-state index is -0.683. The Morgan fingerprint density at radius 3 is 2.26 bits per heavy atom. The Labute approximate surface area is 203 Å². The van der Waals surface area contributed by atoms with Gasteiger partial charge in [0.2, 0.25) is 5.91 Å². The summed E-state index contributed by atoms with van der Waals surface area (Å²) in [5.41, 5.74) is 2.36. The van der Waals surface area contributed by atoms with E-state index < -0.39 is 6.04 Å². The normalized spacial score (nSPS) is 11.5. The maximum Gasteiger partial charge on any atom is 0.255 e. The van der Waals surface area contributed by atoms with E-state index in [1.165, 1.54) is 0 Å². The number of pyridine rings is 1. The summed E-state index contributed by atoms with van der Waals surface area (Å²) in [6.07, 6.45) is 3.60. The van der Waals surface area contributed by atoms with Crippen molar-refractivity contribution in [3.05, 3.63) is 94.8 Å². The van der Waals surface area contributed by atoms with Gasteiger partial charge in [-0.3, -0.25) is 19.4 Å². The molecule has 1 unspecified atom stereocenters. The molecule has 0 aliphatic carbocycles. The number of amides is 3. The van der Waals surface area contributed by atoms with Crippen molar-refractivity contribution in [3.63, 3.8) is 0 Å². The monoisotopic (exact) mass is 478 g/mol. The molecule has 0 aliphatic heterocycles. The summed E-state index contributed by atoms with van der Waals surface area (Å²) < 4.78 is 0. The second-order valence-corrected chi connectivity index (χ2v) is 8.71. The Kier molecular flexibility index (Phi) is 8.76. The van der Waals surface area contributed by atoms with Crippen molar-refractivity contribution in [1.29, 1.82) is 0 Å². The van der Waals surface area contributed by atoms with Crippen LogP contribution in [0.4, 0.5) is 5.69 Å². The Balaban J connectivity index is 1.61. The summed E-state index contributed by atoms with van der Waals surface area (Å²) in [5.74, 6) is -0.654. The summed E-state index contributed by atoms with van der Waals surface area (Å²) >= 11 is 5.89. The van der Waals surface area contributed by atoms with Crippen molar-refractivity contribution in [2.24, 2.45) is 5.92 Å². The number of hydrogen-bond donors (Lipinski definition) is 3. The van der Waals surface area contributed by atoms with Gasteiger partial charge in [-0.25, -0.2) is 0 Å². The van der Waals surface area contributed by atoms with Crippen LogP contribution in [0.25, 0.3) is 0 Å². The molecule has 2 aromatic carbocycles. The zero-order chi connectivity index (χ0) is 24.5. The van der Waals surface area contributed by atoms with Crippen LogP contribution in [0.2, 0.25) is 5.02 Å². The highest BCUT2D eigenvalue weighted by Crippen LogP contribution is 2.14. The molecule has 0 saturated heterocycles. The summed E-state index contributed by atoms with van der Waals surface area (Å²) in [5, 5.41) is 9.08. The Morgan fingerprint density at radius 1 is 0.912 bits per heavy atom. The van der Waals surface area contributed by atoms with Gasteiger partial charge in [-0.1, -0.05) is 37.6 Å². The largest absolute Gasteiger partial charge is 0.350 e. The number of halogens is 1. The van der Waals surface area contributed by atoms with Crippen molar-refractivity contribution in [2.45, 2.75) is 32.9 Å². The zero-order valence-corrected chi connectivity index (χ0v) is 19.8. The lowest BCUT2D eigenvalue weighted by atomic mass is 10.0. The standard InChI is InChI=1S/C26H27ClN4O3/c1-17(2)14-23(31-25(33)19-6-8-21(27)9-7-19)26(34)29-16-18-4-3-5-22(15-18)30-24(32)20-10-12-28-13-11-20/h3-13,15,17,23H,14,16H2,1-2H3,(H,29,34)(H,30,32)(H,31,33). The van der Waals surface area contributed by atoms with Crippen LogP contribution in [0.5, 0.6) is 0 Å². The van der Waals surface area contributed by atoms with E-state index in [1.807, 2.05) is 19.9 Å². The molecule has 0 radical (unpaired) electrons. The Morgan fingerprint density at radius 2 is 1.59 bits per heavy atom. The molecule has 3 aromatic rings. The number of carbonyl (C=O) groups is 3. The number of nitrogens with one attached hydrogen (secondary N) is 3. The fourth-order valence-electron chi connectivity index (χ4n) is 3.32. The first-order valence-electron chi connectivity index (χ1n) is 11.0. The highest BCUT2D eigenvalue weighted by molar-refractivity contribution is 6.30. The molecule has 1 heterocycles. The molecule has 3 N–H and O–H groups in total. The smallest absolute Gasteiger partial charge is 0.255 e. The van der Waals surface area contributed by atoms with Crippen LogP contribution < -0.4 is 16.0 Å². The summed E-state index contributed by atoms with van der Waals surface area (Å²) in [6.45, 7) is 4.23. The lowest BCUT2D eigenvalue weighted by Gasteiger charge is -2.20. The Bertz CT molecular complexity index is 1130. The van der Waals surface area contributed by atoms with Crippen LogP contribution >= 0.6 is 11.6 Å². The lowest BCUT2D eigenvalue weighted by molar-refractivity contribution is -0.123. The second kappa shape index (κ2) is 12.0. The minimum Gasteiger partial charge on any atom is -0.350 e. The van der Waals surface area contributed by atoms with E-state index in [-0.39, 0.29) is 30.2 Å². The predicted octanol–water partition coefficient (Wildman–Crippen LogP) is 4.45. The molecule has 0 aliphatic rings. The number of carbonyl (C=O) groups excluding carboxylic acids is 3. The Hall–Kier alpha value is -3.71. The van der Waals surface area contributed by atoms with Gasteiger partial charge in [-0.2, -0.15) is 0 Å². The van der Waals surface area contributed by atoms with E-state index in [0.717, 1.165) is 5.56 Å². The molecule has 0 saturated carbocycles. The van der Waals surface area contributed by atoms with Crippen LogP contribution in [0.3, 0.4) is 0 Å². The third-order valence-corrected chi connectivity index (χ3v) is 5.28. The van der Waals surface area contributed by atoms with Gasteiger partial charge < -0.3 is 16.0 Å². The molecule has 34 heavy (non-hydrogen) atoms. The van der Waals surface area contributed by atoms with Crippen LogP contribution in [-0.4, -0.2) is 28.7 Å². The third-order valence-electron chi connectivity index (χ3n) is 5.03. The van der Waals surface area contributed by atoms with Gasteiger partial charge in [0.05, 0.1) is 0 Å². The second-order valence-electron chi connectivity index (χ2n) is 8.27. The zero-order valence-electron chi connectivity index (χ0n) is 19.0. The van der Waals surface area contributed by atoms with E-state index in [4.69, 9.17) is 11.6 Å². The molecule has 1 atom stereocenters. The SMILES string of the molecule is CC(C)CC(NC(=O)c1ccc(Cl)cc1)C(=O)NCc1cccc(NC(=O)c2ccncc2)c1. The highest BCUT2D eigenvalue weighted by atomic mass is 35.5. The van der Waals surface area contributed by atoms with Crippen LogP contribution in [0, 0.1) is 5.92 Å². The van der Waals surface area contributed by atoms with Crippen molar-refractivity contribution in [2.75, 3.05) is 5.32 Å². The number of aromatic nitrogens is 1. The molecule has 0 fully saturated rings. The summed E-state index contributed by atoms with van der Waals surface area (Å²) in [4.78, 5) is 41.8. The van der Waals surface area contributed by atoms with Gasteiger partial charge in [0.15, 0.2) is 0 Å². The molecule has 0 spiro atoms.